The molecule has 0 radical (unpaired) electrons. The summed E-state index contributed by atoms with van der Waals surface area (Å²) < 4.78 is 0. The van der Waals surface area contributed by atoms with Gasteiger partial charge in [-0.25, -0.2) is 0 Å². The van der Waals surface area contributed by atoms with Crippen molar-refractivity contribution in [2.45, 2.75) is 39.0 Å². The van der Waals surface area contributed by atoms with Gasteiger partial charge in [-0.05, 0) is 23.8 Å². The summed E-state index contributed by atoms with van der Waals surface area (Å²) in [4.78, 5) is 21.1. The summed E-state index contributed by atoms with van der Waals surface area (Å²) in [6, 6.07) is 0. The molecule has 0 rings (SSSR count). The molecular formula is C18H20O4. The first-order valence-electron chi connectivity index (χ1n) is 6.97. The zero-order chi connectivity index (χ0) is 16.6. The first-order valence-corrected chi connectivity index (χ1v) is 6.97. The molecule has 2 N–H and O–H groups in total. The molecule has 0 spiro atoms. The van der Waals surface area contributed by atoms with Crippen LogP contribution in [0, 0.1) is 23.7 Å². The number of carbonyl (C=O) groups is 2. The normalized spacial score (nSPS) is 10.9. The Morgan fingerprint density at radius 3 is 2.41 bits per heavy atom. The molecule has 0 amide bonds. The molecule has 22 heavy (non-hydrogen) atoms. The van der Waals surface area contributed by atoms with Crippen molar-refractivity contribution in [1.82, 2.24) is 0 Å². The lowest BCUT2D eigenvalue weighted by Gasteiger charge is -1.95. The van der Waals surface area contributed by atoms with Crippen LogP contribution in [0.5, 0.6) is 0 Å². The van der Waals surface area contributed by atoms with E-state index >= 15 is 0 Å². The van der Waals surface area contributed by atoms with Gasteiger partial charge in [-0.15, -0.1) is 0 Å². The molecule has 0 saturated heterocycles. The van der Waals surface area contributed by atoms with Gasteiger partial charge in [0.15, 0.2) is 0 Å². The van der Waals surface area contributed by atoms with Crippen LogP contribution in [0.1, 0.15) is 39.0 Å². The fraction of sp³-hybridized carbons (Fsp3) is 0.333. The molecule has 0 unspecified atom stereocenters. The number of rotatable bonds is 8. The lowest BCUT2D eigenvalue weighted by Crippen LogP contribution is -1.96. The molecule has 0 aromatic heterocycles. The molecular weight excluding hydrogens is 280 g/mol. The molecule has 116 valence electrons. The molecule has 0 aromatic carbocycles. The number of carboxylic acid groups (broad SMARTS) is 2. The van der Waals surface area contributed by atoms with Gasteiger partial charge in [-0.3, -0.25) is 9.59 Å². The third-order valence-corrected chi connectivity index (χ3v) is 2.26. The first-order chi connectivity index (χ1) is 10.6. The Balaban J connectivity index is 4.48. The van der Waals surface area contributed by atoms with Crippen LogP contribution in [-0.4, -0.2) is 22.2 Å². The van der Waals surface area contributed by atoms with Crippen LogP contribution < -0.4 is 0 Å². The Morgan fingerprint density at radius 2 is 1.77 bits per heavy atom. The molecule has 0 aliphatic carbocycles. The summed E-state index contributed by atoms with van der Waals surface area (Å²) in [7, 11) is 0. The highest BCUT2D eigenvalue weighted by molar-refractivity contribution is 5.72. The number of unbranched alkanes of at least 4 members (excludes halogenated alkanes) is 1. The van der Waals surface area contributed by atoms with Crippen molar-refractivity contribution < 1.29 is 19.8 Å². The van der Waals surface area contributed by atoms with Crippen LogP contribution in [0.4, 0.5) is 0 Å². The lowest BCUT2D eigenvalue weighted by atomic mass is 10.1. The molecule has 0 aliphatic rings. The van der Waals surface area contributed by atoms with Crippen LogP contribution in [0.3, 0.4) is 0 Å². The molecule has 0 bridgehead atoms. The van der Waals surface area contributed by atoms with E-state index in [0.717, 1.165) is 12.8 Å². The fourth-order valence-corrected chi connectivity index (χ4v) is 1.30. The van der Waals surface area contributed by atoms with Crippen molar-refractivity contribution in [2.24, 2.45) is 0 Å². The third kappa shape index (κ3) is 13.7. The predicted octanol–water partition coefficient (Wildman–Crippen LogP) is 3.17. The second kappa shape index (κ2) is 13.3. The summed E-state index contributed by atoms with van der Waals surface area (Å²) in [5.74, 6) is 9.33. The summed E-state index contributed by atoms with van der Waals surface area (Å²) in [6.45, 7) is 2.05. The Labute approximate surface area is 131 Å². The number of allylic oxidation sites excluding steroid dienone is 4. The van der Waals surface area contributed by atoms with Crippen molar-refractivity contribution in [1.29, 1.82) is 0 Å². The minimum Gasteiger partial charge on any atom is -0.481 e. The highest BCUT2D eigenvalue weighted by atomic mass is 16.4. The van der Waals surface area contributed by atoms with E-state index in [4.69, 9.17) is 10.2 Å². The van der Waals surface area contributed by atoms with Crippen molar-refractivity contribution in [3.8, 4) is 23.7 Å². The summed E-state index contributed by atoms with van der Waals surface area (Å²) in [5, 5.41) is 17.3. The Hall–Kier alpha value is -2.72. The van der Waals surface area contributed by atoms with Gasteiger partial charge in [-0.1, -0.05) is 49.1 Å². The molecule has 0 saturated carbocycles. The van der Waals surface area contributed by atoms with Gasteiger partial charge in [0.05, 0.1) is 12.8 Å². The van der Waals surface area contributed by atoms with Crippen molar-refractivity contribution in [3.63, 3.8) is 0 Å². The minimum atomic E-state index is -0.967. The zero-order valence-corrected chi connectivity index (χ0v) is 12.6. The summed E-state index contributed by atoms with van der Waals surface area (Å²) in [6.07, 6.45) is 10.2. The maximum absolute atomic E-state index is 10.7. The second-order valence-electron chi connectivity index (χ2n) is 4.30. The van der Waals surface area contributed by atoms with Crippen LogP contribution in [-0.2, 0) is 9.59 Å². The van der Waals surface area contributed by atoms with Gasteiger partial charge < -0.3 is 10.2 Å². The SMILES string of the molecule is CCCC#CC#CC/C=C/C=C(/C=C/CC(=O)O)CC(=O)O. The van der Waals surface area contributed by atoms with Crippen LogP contribution >= 0.6 is 0 Å². The highest BCUT2D eigenvalue weighted by Crippen LogP contribution is 2.05. The van der Waals surface area contributed by atoms with Crippen molar-refractivity contribution >= 4 is 11.9 Å². The van der Waals surface area contributed by atoms with Crippen LogP contribution in [0.2, 0.25) is 0 Å². The Kier molecular flexibility index (Phi) is 11.6. The predicted molar refractivity (Wildman–Crippen MR) is 85.9 cm³/mol. The van der Waals surface area contributed by atoms with E-state index in [2.05, 4.69) is 30.6 Å². The van der Waals surface area contributed by atoms with Gasteiger partial charge in [0.1, 0.15) is 0 Å². The molecule has 0 fully saturated rings. The molecule has 4 nitrogen and oxygen atoms in total. The maximum atomic E-state index is 10.7. The third-order valence-electron chi connectivity index (χ3n) is 2.26. The van der Waals surface area contributed by atoms with Crippen molar-refractivity contribution in [3.05, 3.63) is 36.0 Å². The number of hydrogen-bond donors (Lipinski definition) is 2. The van der Waals surface area contributed by atoms with Crippen LogP contribution in [0.25, 0.3) is 0 Å². The quantitative estimate of drug-likeness (QED) is 0.533. The van der Waals surface area contributed by atoms with E-state index in [9.17, 15) is 9.59 Å². The van der Waals surface area contributed by atoms with E-state index in [1.165, 1.54) is 12.2 Å². The monoisotopic (exact) mass is 300 g/mol. The maximum Gasteiger partial charge on any atom is 0.307 e. The Morgan fingerprint density at radius 1 is 1.05 bits per heavy atom. The molecule has 0 heterocycles. The van der Waals surface area contributed by atoms with E-state index in [0.29, 0.717) is 12.0 Å². The fourth-order valence-electron chi connectivity index (χ4n) is 1.30. The van der Waals surface area contributed by atoms with E-state index in [1.54, 1.807) is 18.2 Å². The average molecular weight is 300 g/mol. The topological polar surface area (TPSA) is 74.6 Å². The zero-order valence-electron chi connectivity index (χ0n) is 12.6. The minimum absolute atomic E-state index is 0.136. The highest BCUT2D eigenvalue weighted by Gasteiger charge is 1.99. The second-order valence-corrected chi connectivity index (χ2v) is 4.30. The van der Waals surface area contributed by atoms with Gasteiger partial charge >= 0.3 is 11.9 Å². The number of aliphatic carboxylic acids is 2. The molecule has 0 aliphatic heterocycles. The van der Waals surface area contributed by atoms with E-state index < -0.39 is 11.9 Å². The van der Waals surface area contributed by atoms with Gasteiger partial charge in [0, 0.05) is 12.8 Å². The van der Waals surface area contributed by atoms with Crippen molar-refractivity contribution in [2.75, 3.05) is 0 Å². The van der Waals surface area contributed by atoms with Gasteiger partial charge in [0.25, 0.3) is 0 Å². The van der Waals surface area contributed by atoms with Gasteiger partial charge in [0.2, 0.25) is 0 Å². The average Bonchev–Trinajstić information content (AvgIpc) is 2.44. The first kappa shape index (κ1) is 19.3. The smallest absolute Gasteiger partial charge is 0.307 e. The largest absolute Gasteiger partial charge is 0.481 e. The Bertz CT molecular complexity index is 572. The standard InChI is InChI=1S/C18H20O4/c1-2-3-4-5-6-7-8-9-10-12-16(15-18(21)22)13-11-14-17(19)20/h9-13H,2-3,8,14-15H2,1H3,(H,19,20)(H,21,22)/b10-9+,13-11+,16-12-. The molecule has 4 heteroatoms. The number of carboxylic acids is 2. The number of hydrogen-bond acceptors (Lipinski definition) is 2. The summed E-state index contributed by atoms with van der Waals surface area (Å²) >= 11 is 0. The molecule has 0 aromatic rings. The lowest BCUT2D eigenvalue weighted by molar-refractivity contribution is -0.137. The van der Waals surface area contributed by atoms with Crippen LogP contribution in [0.15, 0.2) is 36.0 Å². The van der Waals surface area contributed by atoms with E-state index in [1.807, 2.05) is 0 Å². The van der Waals surface area contributed by atoms with E-state index in [-0.39, 0.29) is 12.8 Å². The summed E-state index contributed by atoms with van der Waals surface area (Å²) in [5.41, 5.74) is 0.528. The molecule has 0 atom stereocenters. The van der Waals surface area contributed by atoms with Gasteiger partial charge in [-0.2, -0.15) is 0 Å².